The van der Waals surface area contributed by atoms with Crippen molar-refractivity contribution in [2.24, 2.45) is 0 Å². The highest BCUT2D eigenvalue weighted by Crippen LogP contribution is 2.30. The Morgan fingerprint density at radius 1 is 1.31 bits per heavy atom. The molecule has 1 aromatic carbocycles. The SMILES string of the molecule is OC1(Cc2ccccc2)CCSC1. The summed E-state index contributed by atoms with van der Waals surface area (Å²) in [7, 11) is 0. The smallest absolute Gasteiger partial charge is 0.0785 e. The number of thioether (sulfide) groups is 1. The molecule has 13 heavy (non-hydrogen) atoms. The van der Waals surface area contributed by atoms with Crippen LogP contribution in [-0.2, 0) is 6.42 Å². The van der Waals surface area contributed by atoms with Crippen molar-refractivity contribution in [3.05, 3.63) is 35.9 Å². The first-order valence-corrected chi connectivity index (χ1v) is 5.78. The maximum Gasteiger partial charge on any atom is 0.0785 e. The van der Waals surface area contributed by atoms with Crippen LogP contribution < -0.4 is 0 Å². The summed E-state index contributed by atoms with van der Waals surface area (Å²) in [6.07, 6.45) is 1.74. The van der Waals surface area contributed by atoms with Gasteiger partial charge in [-0.25, -0.2) is 0 Å². The van der Waals surface area contributed by atoms with Gasteiger partial charge in [-0.2, -0.15) is 11.8 Å². The fraction of sp³-hybridized carbons (Fsp3) is 0.455. The lowest BCUT2D eigenvalue weighted by Gasteiger charge is -2.20. The second-order valence-electron chi connectivity index (χ2n) is 3.69. The van der Waals surface area contributed by atoms with Gasteiger partial charge in [-0.1, -0.05) is 30.3 Å². The second kappa shape index (κ2) is 3.72. The standard InChI is InChI=1S/C11H14OS/c12-11(6-7-13-9-11)8-10-4-2-1-3-5-10/h1-5,12H,6-9H2. The fourth-order valence-corrected chi connectivity index (χ4v) is 3.01. The van der Waals surface area contributed by atoms with Crippen LogP contribution in [0.1, 0.15) is 12.0 Å². The molecule has 2 heteroatoms. The van der Waals surface area contributed by atoms with E-state index in [9.17, 15) is 5.11 Å². The van der Waals surface area contributed by atoms with Crippen molar-refractivity contribution in [1.29, 1.82) is 0 Å². The molecule has 1 saturated heterocycles. The van der Waals surface area contributed by atoms with Gasteiger partial charge in [0.05, 0.1) is 5.60 Å². The molecule has 2 rings (SSSR count). The lowest BCUT2D eigenvalue weighted by molar-refractivity contribution is 0.0686. The van der Waals surface area contributed by atoms with E-state index in [0.717, 1.165) is 24.3 Å². The van der Waals surface area contributed by atoms with Gasteiger partial charge < -0.3 is 5.11 Å². The first-order valence-electron chi connectivity index (χ1n) is 4.63. The zero-order valence-electron chi connectivity index (χ0n) is 7.57. The number of aliphatic hydroxyl groups is 1. The fourth-order valence-electron chi connectivity index (χ4n) is 1.71. The molecule has 1 aliphatic heterocycles. The third-order valence-electron chi connectivity index (χ3n) is 2.46. The largest absolute Gasteiger partial charge is 0.389 e. The lowest BCUT2D eigenvalue weighted by Crippen LogP contribution is -2.30. The Labute approximate surface area is 83.2 Å². The van der Waals surface area contributed by atoms with Crippen molar-refractivity contribution in [3.63, 3.8) is 0 Å². The molecule has 0 spiro atoms. The average Bonchev–Trinajstić information content (AvgIpc) is 2.54. The molecular formula is C11H14OS. The van der Waals surface area contributed by atoms with Crippen LogP contribution in [-0.4, -0.2) is 22.2 Å². The van der Waals surface area contributed by atoms with Gasteiger partial charge in [0.25, 0.3) is 0 Å². The Morgan fingerprint density at radius 3 is 2.69 bits per heavy atom. The summed E-state index contributed by atoms with van der Waals surface area (Å²) >= 11 is 1.85. The van der Waals surface area contributed by atoms with Crippen LogP contribution in [0.15, 0.2) is 30.3 Å². The lowest BCUT2D eigenvalue weighted by atomic mass is 9.94. The molecule has 0 aromatic heterocycles. The predicted molar refractivity (Wildman–Crippen MR) is 57.0 cm³/mol. The highest BCUT2D eigenvalue weighted by molar-refractivity contribution is 7.99. The molecule has 1 unspecified atom stereocenters. The normalized spacial score (nSPS) is 27.8. The van der Waals surface area contributed by atoms with Gasteiger partial charge in [-0.05, 0) is 17.7 Å². The van der Waals surface area contributed by atoms with Crippen LogP contribution in [0.5, 0.6) is 0 Å². The highest BCUT2D eigenvalue weighted by Gasteiger charge is 2.31. The van der Waals surface area contributed by atoms with E-state index in [1.807, 2.05) is 30.0 Å². The van der Waals surface area contributed by atoms with Gasteiger partial charge in [0.2, 0.25) is 0 Å². The van der Waals surface area contributed by atoms with Crippen LogP contribution in [0.2, 0.25) is 0 Å². The first kappa shape index (κ1) is 9.10. The van der Waals surface area contributed by atoms with E-state index in [0.29, 0.717) is 0 Å². The van der Waals surface area contributed by atoms with E-state index in [-0.39, 0.29) is 0 Å². The third kappa shape index (κ3) is 2.26. The maximum absolute atomic E-state index is 10.1. The van der Waals surface area contributed by atoms with Crippen LogP contribution >= 0.6 is 11.8 Å². The summed E-state index contributed by atoms with van der Waals surface area (Å²) in [4.78, 5) is 0. The Morgan fingerprint density at radius 2 is 2.08 bits per heavy atom. The molecule has 1 nitrogen and oxygen atoms in total. The van der Waals surface area contributed by atoms with Crippen molar-refractivity contribution in [2.75, 3.05) is 11.5 Å². The average molecular weight is 194 g/mol. The molecular weight excluding hydrogens is 180 g/mol. The van der Waals surface area contributed by atoms with Gasteiger partial charge in [0.1, 0.15) is 0 Å². The summed E-state index contributed by atoms with van der Waals surface area (Å²) in [5.41, 5.74) is 0.805. The predicted octanol–water partition coefficient (Wildman–Crippen LogP) is 2.10. The summed E-state index contributed by atoms with van der Waals surface area (Å²) in [6.45, 7) is 0. The van der Waals surface area contributed by atoms with Gasteiger partial charge in [0, 0.05) is 12.2 Å². The third-order valence-corrected chi connectivity index (χ3v) is 3.69. The van der Waals surface area contributed by atoms with Crippen LogP contribution in [0, 0.1) is 0 Å². The molecule has 1 N–H and O–H groups in total. The molecule has 1 fully saturated rings. The summed E-state index contributed by atoms with van der Waals surface area (Å²) in [6, 6.07) is 10.2. The van der Waals surface area contributed by atoms with E-state index in [2.05, 4.69) is 12.1 Å². The zero-order valence-corrected chi connectivity index (χ0v) is 8.39. The Bertz CT molecular complexity index is 265. The summed E-state index contributed by atoms with van der Waals surface area (Å²) in [5, 5.41) is 10.1. The molecule has 1 atom stereocenters. The number of hydrogen-bond acceptors (Lipinski definition) is 2. The maximum atomic E-state index is 10.1. The number of hydrogen-bond donors (Lipinski definition) is 1. The van der Waals surface area contributed by atoms with E-state index in [1.165, 1.54) is 5.56 Å². The quantitative estimate of drug-likeness (QED) is 0.778. The number of rotatable bonds is 2. The van der Waals surface area contributed by atoms with Gasteiger partial charge in [-0.15, -0.1) is 0 Å². The molecule has 0 radical (unpaired) electrons. The van der Waals surface area contributed by atoms with Crippen molar-refractivity contribution >= 4 is 11.8 Å². The van der Waals surface area contributed by atoms with Gasteiger partial charge >= 0.3 is 0 Å². The molecule has 0 amide bonds. The van der Waals surface area contributed by atoms with Crippen LogP contribution in [0.3, 0.4) is 0 Å². The second-order valence-corrected chi connectivity index (χ2v) is 4.79. The molecule has 1 aliphatic rings. The minimum Gasteiger partial charge on any atom is -0.389 e. The molecule has 0 bridgehead atoms. The molecule has 1 aromatic rings. The monoisotopic (exact) mass is 194 g/mol. The minimum absolute atomic E-state index is 0.438. The Hall–Kier alpha value is -0.470. The molecule has 1 heterocycles. The Kier molecular flexibility index (Phi) is 2.61. The number of benzene rings is 1. The van der Waals surface area contributed by atoms with Crippen LogP contribution in [0.25, 0.3) is 0 Å². The highest BCUT2D eigenvalue weighted by atomic mass is 32.2. The van der Waals surface area contributed by atoms with Crippen molar-refractivity contribution < 1.29 is 5.11 Å². The van der Waals surface area contributed by atoms with E-state index >= 15 is 0 Å². The van der Waals surface area contributed by atoms with Crippen molar-refractivity contribution in [1.82, 2.24) is 0 Å². The summed E-state index contributed by atoms with van der Waals surface area (Å²) in [5.74, 6) is 1.99. The zero-order chi connectivity index (χ0) is 9.15. The summed E-state index contributed by atoms with van der Waals surface area (Å²) < 4.78 is 0. The van der Waals surface area contributed by atoms with Crippen molar-refractivity contribution in [2.45, 2.75) is 18.4 Å². The van der Waals surface area contributed by atoms with E-state index in [4.69, 9.17) is 0 Å². The van der Waals surface area contributed by atoms with Gasteiger partial charge in [-0.3, -0.25) is 0 Å². The van der Waals surface area contributed by atoms with E-state index in [1.54, 1.807) is 0 Å². The molecule has 70 valence electrons. The molecule has 0 aliphatic carbocycles. The Balaban J connectivity index is 2.05. The van der Waals surface area contributed by atoms with E-state index < -0.39 is 5.60 Å². The minimum atomic E-state index is -0.438. The topological polar surface area (TPSA) is 20.2 Å². The van der Waals surface area contributed by atoms with Gasteiger partial charge in [0.15, 0.2) is 0 Å². The van der Waals surface area contributed by atoms with Crippen molar-refractivity contribution in [3.8, 4) is 0 Å². The van der Waals surface area contributed by atoms with Crippen LogP contribution in [0.4, 0.5) is 0 Å². The first-order chi connectivity index (χ1) is 6.29. The molecule has 0 saturated carbocycles.